The molecule has 0 bridgehead atoms. The second-order valence-electron chi connectivity index (χ2n) is 7.36. The van der Waals surface area contributed by atoms with Crippen LogP contribution in [-0.2, 0) is 6.18 Å². The Morgan fingerprint density at radius 2 is 1.79 bits per heavy atom. The van der Waals surface area contributed by atoms with E-state index in [1.807, 2.05) is 0 Å². The van der Waals surface area contributed by atoms with Crippen molar-refractivity contribution < 1.29 is 13.2 Å². The Kier molecular flexibility index (Phi) is 4.51. The number of aryl methyl sites for hydroxylation is 1. The Morgan fingerprint density at radius 1 is 1.07 bits per heavy atom. The molecule has 1 aliphatic heterocycles. The number of alkyl halides is 3. The molecule has 1 fully saturated rings. The van der Waals surface area contributed by atoms with Gasteiger partial charge in [-0.1, -0.05) is 6.42 Å². The quantitative estimate of drug-likeness (QED) is 0.801. The molecule has 2 aliphatic rings. The van der Waals surface area contributed by atoms with E-state index in [1.165, 1.54) is 6.07 Å². The van der Waals surface area contributed by atoms with Crippen LogP contribution in [0.2, 0.25) is 0 Å². The van der Waals surface area contributed by atoms with Crippen LogP contribution in [0, 0.1) is 6.92 Å². The minimum atomic E-state index is -4.50. The maximum atomic E-state index is 13.5. The Bertz CT molecular complexity index is 984. The van der Waals surface area contributed by atoms with Gasteiger partial charge in [0.25, 0.3) is 0 Å². The Balaban J connectivity index is 1.96. The van der Waals surface area contributed by atoms with Crippen LogP contribution in [-0.4, -0.2) is 27.1 Å². The lowest BCUT2D eigenvalue weighted by Crippen LogP contribution is -2.58. The second-order valence-corrected chi connectivity index (χ2v) is 7.36. The molecule has 10 heteroatoms. The number of hydrogen-bond acceptors (Lipinski definition) is 6. The van der Waals surface area contributed by atoms with Gasteiger partial charge in [0.2, 0.25) is 11.9 Å². The third-order valence-electron chi connectivity index (χ3n) is 5.48. The highest BCUT2D eigenvalue weighted by atomic mass is 19.4. The first-order valence-electron chi connectivity index (χ1n) is 9.43. The molecule has 1 saturated carbocycles. The monoisotopic (exact) mass is 405 g/mol. The topological polar surface area (TPSA) is 97.8 Å². The summed E-state index contributed by atoms with van der Waals surface area (Å²) in [5.41, 5.74) is 11.3. The number of aliphatic imine (C=N–C) groups is 2. The van der Waals surface area contributed by atoms with E-state index in [9.17, 15) is 13.2 Å². The summed E-state index contributed by atoms with van der Waals surface area (Å²) >= 11 is 0. The fourth-order valence-corrected chi connectivity index (χ4v) is 4.18. The van der Waals surface area contributed by atoms with E-state index in [0.29, 0.717) is 24.4 Å². The van der Waals surface area contributed by atoms with E-state index in [-0.39, 0.29) is 17.6 Å². The highest BCUT2D eigenvalue weighted by molar-refractivity contribution is 6.06. The summed E-state index contributed by atoms with van der Waals surface area (Å²) in [6.45, 7) is 1.78. The van der Waals surface area contributed by atoms with E-state index in [4.69, 9.17) is 11.5 Å². The van der Waals surface area contributed by atoms with Crippen LogP contribution in [0.3, 0.4) is 0 Å². The van der Waals surface area contributed by atoms with Gasteiger partial charge in [0, 0.05) is 12.4 Å². The van der Waals surface area contributed by atoms with Crippen LogP contribution in [0.15, 0.2) is 40.6 Å². The molecule has 4 rings (SSSR count). The molecular formula is C19H22F3N7. The summed E-state index contributed by atoms with van der Waals surface area (Å²) in [5.74, 6) is 0.727. The van der Waals surface area contributed by atoms with Crippen molar-refractivity contribution in [3.63, 3.8) is 0 Å². The third kappa shape index (κ3) is 3.32. The normalized spacial score (nSPS) is 19.2. The molecular weight excluding hydrogens is 383 g/mol. The molecule has 0 atom stereocenters. The Hall–Kier alpha value is -3.04. The number of hydrogen-bond donors (Lipinski definition) is 2. The Morgan fingerprint density at radius 3 is 2.41 bits per heavy atom. The van der Waals surface area contributed by atoms with Crippen molar-refractivity contribution in [2.75, 3.05) is 4.90 Å². The van der Waals surface area contributed by atoms with E-state index < -0.39 is 17.4 Å². The largest absolute Gasteiger partial charge is 0.416 e. The minimum absolute atomic E-state index is 0.0396. The zero-order chi connectivity index (χ0) is 20.8. The molecule has 4 N–H and O–H groups in total. The predicted octanol–water partition coefficient (Wildman–Crippen LogP) is 3.31. The highest BCUT2D eigenvalue weighted by Gasteiger charge is 2.44. The maximum Gasteiger partial charge on any atom is 0.416 e. The molecule has 1 spiro atoms. The van der Waals surface area contributed by atoms with Crippen LogP contribution in [0.4, 0.5) is 18.9 Å². The summed E-state index contributed by atoms with van der Waals surface area (Å²) in [4.78, 5) is 14.4. The maximum absolute atomic E-state index is 13.5. The van der Waals surface area contributed by atoms with Gasteiger partial charge in [0.05, 0.1) is 16.9 Å². The van der Waals surface area contributed by atoms with Gasteiger partial charge in [0.1, 0.15) is 11.5 Å². The molecule has 154 valence electrons. The van der Waals surface area contributed by atoms with Crippen molar-refractivity contribution in [2.45, 2.75) is 50.9 Å². The van der Waals surface area contributed by atoms with Crippen molar-refractivity contribution in [3.8, 4) is 5.69 Å². The van der Waals surface area contributed by atoms with Crippen molar-refractivity contribution in [2.24, 2.45) is 21.5 Å². The number of rotatable bonds is 2. The summed E-state index contributed by atoms with van der Waals surface area (Å²) in [5, 5.41) is 0. The van der Waals surface area contributed by atoms with Crippen LogP contribution in [0.1, 0.15) is 43.5 Å². The van der Waals surface area contributed by atoms with Crippen LogP contribution in [0.25, 0.3) is 5.69 Å². The first-order chi connectivity index (χ1) is 13.7. The molecule has 1 aliphatic carbocycles. The van der Waals surface area contributed by atoms with E-state index >= 15 is 0 Å². The van der Waals surface area contributed by atoms with Gasteiger partial charge in [-0.15, -0.1) is 0 Å². The molecule has 1 aromatic heterocycles. The van der Waals surface area contributed by atoms with Gasteiger partial charge in [-0.05, 0) is 50.8 Å². The number of nitrogens with two attached hydrogens (primary N) is 2. The number of guanidine groups is 2. The molecule has 7 nitrogen and oxygen atoms in total. The van der Waals surface area contributed by atoms with Crippen molar-refractivity contribution in [3.05, 3.63) is 42.0 Å². The first kappa shape index (κ1) is 19.3. The minimum Gasteiger partial charge on any atom is -0.369 e. The lowest BCUT2D eigenvalue weighted by atomic mass is 9.87. The standard InChI is InChI=1S/C19H22F3N7/c1-12-25-9-10-28(12)14-6-5-13(19(20,21)22)11-15(14)29-17(24)26-16(23)27-18(29)7-3-2-4-8-18/h5-6,9-11H,2-4,7-8H2,1H3,(H4,23,24,26,27). The number of imidazole rings is 1. The first-order valence-corrected chi connectivity index (χ1v) is 9.43. The van der Waals surface area contributed by atoms with Gasteiger partial charge >= 0.3 is 6.18 Å². The van der Waals surface area contributed by atoms with Gasteiger partial charge in [0.15, 0.2) is 0 Å². The zero-order valence-electron chi connectivity index (χ0n) is 15.9. The summed E-state index contributed by atoms with van der Waals surface area (Å²) in [7, 11) is 0. The lowest BCUT2D eigenvalue weighted by molar-refractivity contribution is -0.137. The SMILES string of the molecule is Cc1nccn1-c1ccc(C(F)(F)F)cc1N1C(N)=NC(N)=NC12CCCCC2. The average molecular weight is 405 g/mol. The zero-order valence-corrected chi connectivity index (χ0v) is 15.9. The predicted molar refractivity (Wildman–Crippen MR) is 105 cm³/mol. The number of nitrogens with zero attached hydrogens (tertiary/aromatic N) is 5. The van der Waals surface area contributed by atoms with Crippen LogP contribution >= 0.6 is 0 Å². The van der Waals surface area contributed by atoms with E-state index in [2.05, 4.69) is 15.0 Å². The van der Waals surface area contributed by atoms with Gasteiger partial charge in [-0.2, -0.15) is 18.2 Å². The smallest absolute Gasteiger partial charge is 0.369 e. The second kappa shape index (κ2) is 6.78. The van der Waals surface area contributed by atoms with Crippen LogP contribution in [0.5, 0.6) is 0 Å². The van der Waals surface area contributed by atoms with Gasteiger partial charge in [-0.3, -0.25) is 4.90 Å². The van der Waals surface area contributed by atoms with Crippen LogP contribution < -0.4 is 16.4 Å². The fraction of sp³-hybridized carbons (Fsp3) is 0.421. The summed E-state index contributed by atoms with van der Waals surface area (Å²) in [6.07, 6.45) is 2.82. The molecule has 1 aromatic carbocycles. The molecule has 0 amide bonds. The van der Waals surface area contributed by atoms with E-state index in [1.54, 1.807) is 28.8 Å². The summed E-state index contributed by atoms with van der Waals surface area (Å²) in [6, 6.07) is 3.59. The molecule has 2 heterocycles. The molecule has 29 heavy (non-hydrogen) atoms. The average Bonchev–Trinajstić information content (AvgIpc) is 3.06. The van der Waals surface area contributed by atoms with Crippen molar-refractivity contribution in [1.29, 1.82) is 0 Å². The molecule has 0 radical (unpaired) electrons. The van der Waals surface area contributed by atoms with Gasteiger partial charge < -0.3 is 16.0 Å². The number of benzene rings is 1. The molecule has 2 aromatic rings. The van der Waals surface area contributed by atoms with E-state index in [0.717, 1.165) is 31.4 Å². The third-order valence-corrected chi connectivity index (χ3v) is 5.48. The lowest BCUT2D eigenvalue weighted by Gasteiger charge is -2.46. The van der Waals surface area contributed by atoms with Crippen molar-refractivity contribution >= 4 is 17.6 Å². The Labute approximate surface area is 165 Å². The molecule has 0 unspecified atom stereocenters. The number of anilines is 1. The highest BCUT2D eigenvalue weighted by Crippen LogP contribution is 2.43. The molecule has 0 saturated heterocycles. The fourth-order valence-electron chi connectivity index (χ4n) is 4.18. The summed E-state index contributed by atoms with van der Waals surface area (Å²) < 4.78 is 42.3. The van der Waals surface area contributed by atoms with Crippen molar-refractivity contribution in [1.82, 2.24) is 9.55 Å². The number of aromatic nitrogens is 2. The number of halogens is 3. The van der Waals surface area contributed by atoms with Gasteiger partial charge in [-0.25, -0.2) is 9.98 Å².